The van der Waals surface area contributed by atoms with Gasteiger partial charge in [0.1, 0.15) is 5.82 Å². The molecule has 0 fully saturated rings. The molecular weight excluding hydrogens is 163 g/mol. The highest BCUT2D eigenvalue weighted by molar-refractivity contribution is 6.30. The van der Waals surface area contributed by atoms with E-state index in [1.165, 1.54) is 0 Å². The topological polar surface area (TPSA) is 0 Å². The van der Waals surface area contributed by atoms with Gasteiger partial charge in [0.05, 0.1) is 5.02 Å². The second kappa shape index (κ2) is 3.22. The van der Waals surface area contributed by atoms with Gasteiger partial charge in [0.25, 0.3) is 0 Å². The van der Waals surface area contributed by atoms with Gasteiger partial charge in [-0.3, -0.25) is 0 Å². The first-order chi connectivity index (χ1) is 5.16. The van der Waals surface area contributed by atoms with Crippen molar-refractivity contribution in [1.29, 1.82) is 0 Å². The number of benzene rings is 1. The predicted octanol–water partition coefficient (Wildman–Crippen LogP) is 3.35. The zero-order chi connectivity index (χ0) is 8.43. The van der Waals surface area contributed by atoms with Crippen molar-refractivity contribution in [1.82, 2.24) is 0 Å². The van der Waals surface area contributed by atoms with Crippen molar-refractivity contribution in [2.45, 2.75) is 20.3 Å². The highest BCUT2D eigenvalue weighted by atomic mass is 35.5. The number of halogens is 2. The lowest BCUT2D eigenvalue weighted by molar-refractivity contribution is 0.616. The summed E-state index contributed by atoms with van der Waals surface area (Å²) in [5, 5.41) is 0.208. The maximum absolute atomic E-state index is 13.0. The fraction of sp³-hybridized carbons (Fsp3) is 0.333. The SMILES string of the molecule is CCc1ccc(Cl)c(F)c1C. The summed E-state index contributed by atoms with van der Waals surface area (Å²) in [6, 6.07) is 3.46. The third kappa shape index (κ3) is 1.54. The van der Waals surface area contributed by atoms with Crippen LogP contribution in [-0.2, 0) is 6.42 Å². The second-order valence-electron chi connectivity index (χ2n) is 2.50. The van der Waals surface area contributed by atoms with Gasteiger partial charge < -0.3 is 0 Å². The maximum atomic E-state index is 13.0. The molecule has 0 aliphatic carbocycles. The molecule has 0 heterocycles. The standard InChI is InChI=1S/C9H10ClF/c1-3-7-4-5-8(10)9(11)6(7)2/h4-5H,3H2,1-2H3. The zero-order valence-corrected chi connectivity index (χ0v) is 7.37. The Morgan fingerprint density at radius 2 is 2.09 bits per heavy atom. The molecule has 0 aromatic heterocycles. The molecule has 1 rings (SSSR count). The molecule has 0 N–H and O–H groups in total. The van der Waals surface area contributed by atoms with Gasteiger partial charge in [-0.25, -0.2) is 4.39 Å². The zero-order valence-electron chi connectivity index (χ0n) is 6.62. The molecule has 0 spiro atoms. The molecule has 2 heteroatoms. The van der Waals surface area contributed by atoms with Gasteiger partial charge in [-0.15, -0.1) is 0 Å². The normalized spacial score (nSPS) is 10.2. The van der Waals surface area contributed by atoms with E-state index in [4.69, 9.17) is 11.6 Å². The summed E-state index contributed by atoms with van der Waals surface area (Å²) in [6.07, 6.45) is 0.847. The van der Waals surface area contributed by atoms with E-state index in [9.17, 15) is 4.39 Å². The Morgan fingerprint density at radius 3 is 2.64 bits per heavy atom. The first-order valence-electron chi connectivity index (χ1n) is 3.60. The van der Waals surface area contributed by atoms with Crippen LogP contribution in [0.25, 0.3) is 0 Å². The highest BCUT2D eigenvalue weighted by Crippen LogP contribution is 2.20. The third-order valence-corrected chi connectivity index (χ3v) is 2.12. The van der Waals surface area contributed by atoms with Crippen LogP contribution in [0.4, 0.5) is 4.39 Å². The third-order valence-electron chi connectivity index (χ3n) is 1.83. The highest BCUT2D eigenvalue weighted by Gasteiger charge is 2.05. The van der Waals surface area contributed by atoms with E-state index in [-0.39, 0.29) is 10.8 Å². The van der Waals surface area contributed by atoms with Gasteiger partial charge >= 0.3 is 0 Å². The van der Waals surface area contributed by atoms with Crippen LogP contribution in [0.15, 0.2) is 12.1 Å². The van der Waals surface area contributed by atoms with Crippen LogP contribution in [0, 0.1) is 12.7 Å². The molecule has 1 aromatic rings. The van der Waals surface area contributed by atoms with Crippen LogP contribution in [0.5, 0.6) is 0 Å². The summed E-state index contributed by atoms with van der Waals surface area (Å²) >= 11 is 5.57. The molecule has 0 saturated carbocycles. The smallest absolute Gasteiger partial charge is 0.144 e. The van der Waals surface area contributed by atoms with E-state index in [0.29, 0.717) is 5.56 Å². The largest absolute Gasteiger partial charge is 0.205 e. The van der Waals surface area contributed by atoms with Crippen LogP contribution in [-0.4, -0.2) is 0 Å². The van der Waals surface area contributed by atoms with Crippen molar-refractivity contribution in [2.24, 2.45) is 0 Å². The Labute approximate surface area is 71.0 Å². The molecule has 0 aliphatic rings. The Bertz CT molecular complexity index is 269. The van der Waals surface area contributed by atoms with Crippen LogP contribution in [0.2, 0.25) is 5.02 Å². The quantitative estimate of drug-likeness (QED) is 0.610. The average molecular weight is 173 g/mol. The maximum Gasteiger partial charge on any atom is 0.144 e. The van der Waals surface area contributed by atoms with E-state index in [2.05, 4.69) is 0 Å². The number of hydrogen-bond acceptors (Lipinski definition) is 0. The Hall–Kier alpha value is -0.560. The van der Waals surface area contributed by atoms with Crippen molar-refractivity contribution in [3.8, 4) is 0 Å². The summed E-state index contributed by atoms with van der Waals surface area (Å²) < 4.78 is 13.0. The summed E-state index contributed by atoms with van der Waals surface area (Å²) in [5.74, 6) is -0.286. The molecule has 11 heavy (non-hydrogen) atoms. The summed E-state index contributed by atoms with van der Waals surface area (Å²) in [7, 11) is 0. The van der Waals surface area contributed by atoms with Crippen LogP contribution in [0.3, 0.4) is 0 Å². The van der Waals surface area contributed by atoms with E-state index >= 15 is 0 Å². The van der Waals surface area contributed by atoms with Gasteiger partial charge in [-0.1, -0.05) is 24.6 Å². The number of hydrogen-bond donors (Lipinski definition) is 0. The van der Waals surface area contributed by atoms with Crippen molar-refractivity contribution in [2.75, 3.05) is 0 Å². The van der Waals surface area contributed by atoms with E-state index in [0.717, 1.165) is 12.0 Å². The molecular formula is C9H10ClF. The summed E-state index contributed by atoms with van der Waals surface area (Å²) in [6.45, 7) is 3.75. The van der Waals surface area contributed by atoms with E-state index in [1.54, 1.807) is 13.0 Å². The fourth-order valence-corrected chi connectivity index (χ4v) is 1.28. The first-order valence-corrected chi connectivity index (χ1v) is 3.98. The van der Waals surface area contributed by atoms with Crippen molar-refractivity contribution in [3.05, 3.63) is 34.1 Å². The van der Waals surface area contributed by atoms with Crippen LogP contribution >= 0.6 is 11.6 Å². The lowest BCUT2D eigenvalue weighted by Gasteiger charge is -2.04. The van der Waals surface area contributed by atoms with Gasteiger partial charge in [0.15, 0.2) is 0 Å². The van der Waals surface area contributed by atoms with Crippen LogP contribution < -0.4 is 0 Å². The molecule has 1 aromatic carbocycles. The molecule has 0 nitrogen and oxygen atoms in total. The minimum absolute atomic E-state index is 0.208. The van der Waals surface area contributed by atoms with Gasteiger partial charge in [0.2, 0.25) is 0 Å². The first kappa shape index (κ1) is 8.54. The van der Waals surface area contributed by atoms with E-state index in [1.807, 2.05) is 13.0 Å². The minimum atomic E-state index is -0.286. The van der Waals surface area contributed by atoms with Gasteiger partial charge in [-0.05, 0) is 30.5 Å². The molecule has 0 bridgehead atoms. The molecule has 0 aliphatic heterocycles. The Kier molecular flexibility index (Phi) is 2.50. The molecule has 0 unspecified atom stereocenters. The van der Waals surface area contributed by atoms with Gasteiger partial charge in [0, 0.05) is 0 Å². The molecule has 0 saturated heterocycles. The van der Waals surface area contributed by atoms with Crippen molar-refractivity contribution >= 4 is 11.6 Å². The predicted molar refractivity (Wildman–Crippen MR) is 45.5 cm³/mol. The number of rotatable bonds is 1. The monoisotopic (exact) mass is 172 g/mol. The summed E-state index contributed by atoms with van der Waals surface area (Å²) in [4.78, 5) is 0. The molecule has 0 radical (unpaired) electrons. The fourth-order valence-electron chi connectivity index (χ4n) is 1.08. The van der Waals surface area contributed by atoms with Crippen molar-refractivity contribution in [3.63, 3.8) is 0 Å². The molecule has 0 amide bonds. The van der Waals surface area contributed by atoms with E-state index < -0.39 is 0 Å². The van der Waals surface area contributed by atoms with Gasteiger partial charge in [-0.2, -0.15) is 0 Å². The Morgan fingerprint density at radius 1 is 1.45 bits per heavy atom. The minimum Gasteiger partial charge on any atom is -0.205 e. The van der Waals surface area contributed by atoms with Crippen LogP contribution in [0.1, 0.15) is 18.1 Å². The second-order valence-corrected chi connectivity index (χ2v) is 2.91. The molecule has 0 atom stereocenters. The number of aryl methyl sites for hydroxylation is 1. The van der Waals surface area contributed by atoms with Crippen molar-refractivity contribution < 1.29 is 4.39 Å². The lowest BCUT2D eigenvalue weighted by atomic mass is 10.1. The lowest BCUT2D eigenvalue weighted by Crippen LogP contribution is -1.91. The Balaban J connectivity index is 3.25. The molecule has 60 valence electrons. The summed E-state index contributed by atoms with van der Waals surface area (Å²) in [5.41, 5.74) is 1.69. The average Bonchev–Trinajstić information content (AvgIpc) is 2.01.